The summed E-state index contributed by atoms with van der Waals surface area (Å²) in [5.41, 5.74) is 2.09. The Bertz CT molecular complexity index is 1480. The standard InChI is InChI=1S/C29H28N2O5/c1-4-5-8-15-35-22-13-12-19(16-23(22)34-3)26-25-27(32)20-9-6-7-10-21(20)36-28(25)29(33)31(26)24-14-11-18(2)17-30-24/h6-7,9-14,16-17,26H,4-5,8,15H2,1-3H3/t26-/m1/s1. The van der Waals surface area contributed by atoms with Crippen molar-refractivity contribution >= 4 is 22.7 Å². The first-order chi connectivity index (χ1) is 17.5. The summed E-state index contributed by atoms with van der Waals surface area (Å²) in [5.74, 6) is 1.21. The maximum absolute atomic E-state index is 13.7. The second-order valence-electron chi connectivity index (χ2n) is 8.91. The lowest BCUT2D eigenvalue weighted by atomic mass is 9.98. The fraction of sp³-hybridized carbons (Fsp3) is 0.276. The number of para-hydroxylation sites is 1. The quantitative estimate of drug-likeness (QED) is 0.293. The molecule has 1 aliphatic rings. The van der Waals surface area contributed by atoms with Gasteiger partial charge in [0.05, 0.1) is 30.7 Å². The Hall–Kier alpha value is -4.13. The molecule has 2 aromatic carbocycles. The van der Waals surface area contributed by atoms with Gasteiger partial charge in [-0.2, -0.15) is 0 Å². The Morgan fingerprint density at radius 3 is 2.61 bits per heavy atom. The molecule has 1 atom stereocenters. The van der Waals surface area contributed by atoms with Crippen molar-refractivity contribution in [3.63, 3.8) is 0 Å². The summed E-state index contributed by atoms with van der Waals surface area (Å²) in [6, 6.07) is 15.4. The second-order valence-corrected chi connectivity index (χ2v) is 8.91. The highest BCUT2D eigenvalue weighted by Crippen LogP contribution is 2.42. The predicted molar refractivity (Wildman–Crippen MR) is 138 cm³/mol. The van der Waals surface area contributed by atoms with Gasteiger partial charge in [0.2, 0.25) is 5.76 Å². The Morgan fingerprint density at radius 2 is 1.86 bits per heavy atom. The number of rotatable bonds is 8. The molecule has 0 spiro atoms. The highest BCUT2D eigenvalue weighted by Gasteiger charge is 2.44. The first kappa shape index (κ1) is 23.6. The zero-order valence-corrected chi connectivity index (χ0v) is 20.6. The average Bonchev–Trinajstić information content (AvgIpc) is 3.19. The normalized spacial score (nSPS) is 14.8. The van der Waals surface area contributed by atoms with Gasteiger partial charge in [0.1, 0.15) is 11.4 Å². The monoisotopic (exact) mass is 484 g/mol. The van der Waals surface area contributed by atoms with E-state index in [1.54, 1.807) is 43.6 Å². The molecule has 36 heavy (non-hydrogen) atoms. The zero-order valence-electron chi connectivity index (χ0n) is 20.6. The Morgan fingerprint density at radius 1 is 1.03 bits per heavy atom. The van der Waals surface area contributed by atoms with Gasteiger partial charge < -0.3 is 13.9 Å². The Kier molecular flexibility index (Phi) is 6.46. The van der Waals surface area contributed by atoms with Crippen LogP contribution in [0.2, 0.25) is 0 Å². The van der Waals surface area contributed by atoms with E-state index in [4.69, 9.17) is 13.9 Å². The van der Waals surface area contributed by atoms with E-state index >= 15 is 0 Å². The molecule has 0 fully saturated rings. The number of ether oxygens (including phenoxy) is 2. The van der Waals surface area contributed by atoms with E-state index in [2.05, 4.69) is 11.9 Å². The van der Waals surface area contributed by atoms with E-state index < -0.39 is 11.9 Å². The van der Waals surface area contributed by atoms with Crippen LogP contribution >= 0.6 is 0 Å². The van der Waals surface area contributed by atoms with Crippen molar-refractivity contribution in [3.05, 3.63) is 93.5 Å². The number of methoxy groups -OCH3 is 1. The fourth-order valence-electron chi connectivity index (χ4n) is 4.58. The molecule has 2 aromatic heterocycles. The summed E-state index contributed by atoms with van der Waals surface area (Å²) < 4.78 is 17.6. The van der Waals surface area contributed by atoms with Crippen molar-refractivity contribution in [1.82, 2.24) is 4.98 Å². The third kappa shape index (κ3) is 4.11. The lowest BCUT2D eigenvalue weighted by molar-refractivity contribution is 0.0970. The minimum atomic E-state index is -0.730. The van der Waals surface area contributed by atoms with Gasteiger partial charge in [-0.25, -0.2) is 4.98 Å². The van der Waals surface area contributed by atoms with Gasteiger partial charge in [-0.15, -0.1) is 0 Å². The first-order valence-electron chi connectivity index (χ1n) is 12.2. The molecular formula is C29H28N2O5. The third-order valence-corrected chi connectivity index (χ3v) is 6.43. The summed E-state index contributed by atoms with van der Waals surface area (Å²) in [6.45, 7) is 4.66. The molecule has 0 saturated heterocycles. The molecule has 184 valence electrons. The number of anilines is 1. The maximum atomic E-state index is 13.7. The number of amides is 1. The molecule has 7 heteroatoms. The number of pyridine rings is 1. The first-order valence-corrected chi connectivity index (χ1v) is 12.2. The SMILES string of the molecule is CCCCCOc1ccc([C@@H]2c3c(oc4ccccc4c3=O)C(=O)N2c2ccc(C)cn2)cc1OC. The molecule has 0 aliphatic carbocycles. The van der Waals surface area contributed by atoms with Crippen LogP contribution in [0.25, 0.3) is 11.0 Å². The summed E-state index contributed by atoms with van der Waals surface area (Å²) in [6.07, 6.45) is 4.84. The number of benzene rings is 2. The van der Waals surface area contributed by atoms with Crippen molar-refractivity contribution in [2.24, 2.45) is 0 Å². The number of nitrogens with zero attached hydrogens (tertiary/aromatic N) is 2. The van der Waals surface area contributed by atoms with Crippen LogP contribution in [0, 0.1) is 6.92 Å². The highest BCUT2D eigenvalue weighted by molar-refractivity contribution is 6.10. The molecule has 1 aliphatic heterocycles. The lowest BCUT2D eigenvalue weighted by Crippen LogP contribution is -2.30. The number of aryl methyl sites for hydroxylation is 1. The van der Waals surface area contributed by atoms with Crippen LogP contribution < -0.4 is 19.8 Å². The van der Waals surface area contributed by atoms with Gasteiger partial charge in [-0.05, 0) is 54.8 Å². The van der Waals surface area contributed by atoms with Crippen molar-refractivity contribution in [2.75, 3.05) is 18.6 Å². The number of aromatic nitrogens is 1. The summed E-state index contributed by atoms with van der Waals surface area (Å²) in [5, 5.41) is 0.426. The van der Waals surface area contributed by atoms with E-state index in [-0.39, 0.29) is 11.2 Å². The number of hydrogen-bond acceptors (Lipinski definition) is 6. The smallest absolute Gasteiger partial charge is 0.296 e. The lowest BCUT2D eigenvalue weighted by Gasteiger charge is -2.25. The molecule has 0 radical (unpaired) electrons. The van der Waals surface area contributed by atoms with Crippen LogP contribution in [0.5, 0.6) is 11.5 Å². The number of hydrogen-bond donors (Lipinski definition) is 0. The van der Waals surface area contributed by atoms with Crippen LogP contribution in [0.1, 0.15) is 59.5 Å². The van der Waals surface area contributed by atoms with Gasteiger partial charge in [0, 0.05) is 6.20 Å². The minimum absolute atomic E-state index is 0.0323. The Balaban J connectivity index is 1.66. The average molecular weight is 485 g/mol. The van der Waals surface area contributed by atoms with Crippen LogP contribution in [-0.2, 0) is 0 Å². The zero-order chi connectivity index (χ0) is 25.2. The Labute approximate surface area is 209 Å². The molecule has 5 rings (SSSR count). The number of unbranched alkanes of at least 4 members (excludes halogenated alkanes) is 2. The molecule has 0 bridgehead atoms. The van der Waals surface area contributed by atoms with E-state index in [1.807, 2.05) is 31.2 Å². The van der Waals surface area contributed by atoms with Gasteiger partial charge in [-0.3, -0.25) is 14.5 Å². The summed E-state index contributed by atoms with van der Waals surface area (Å²) >= 11 is 0. The molecule has 4 aromatic rings. The molecule has 7 nitrogen and oxygen atoms in total. The third-order valence-electron chi connectivity index (χ3n) is 6.43. The largest absolute Gasteiger partial charge is 0.493 e. The molecule has 3 heterocycles. The van der Waals surface area contributed by atoms with Gasteiger partial charge in [0.25, 0.3) is 5.91 Å². The number of carbonyl (C=O) groups is 1. The molecular weight excluding hydrogens is 456 g/mol. The summed E-state index contributed by atoms with van der Waals surface area (Å²) in [7, 11) is 1.58. The number of carbonyl (C=O) groups excluding carboxylic acids is 1. The van der Waals surface area contributed by atoms with Crippen LogP contribution in [0.15, 0.2) is 70.0 Å². The molecule has 1 amide bonds. The fourth-order valence-corrected chi connectivity index (χ4v) is 4.58. The minimum Gasteiger partial charge on any atom is -0.493 e. The predicted octanol–water partition coefficient (Wildman–Crippen LogP) is 5.82. The highest BCUT2D eigenvalue weighted by atomic mass is 16.5. The van der Waals surface area contributed by atoms with Crippen LogP contribution in [-0.4, -0.2) is 24.6 Å². The number of fused-ring (bicyclic) bond motifs is 2. The van der Waals surface area contributed by atoms with Crippen molar-refractivity contribution in [3.8, 4) is 11.5 Å². The van der Waals surface area contributed by atoms with Crippen LogP contribution in [0.3, 0.4) is 0 Å². The van der Waals surface area contributed by atoms with E-state index in [1.165, 1.54) is 4.90 Å². The maximum Gasteiger partial charge on any atom is 0.296 e. The van der Waals surface area contributed by atoms with Gasteiger partial charge in [-0.1, -0.05) is 44.0 Å². The topological polar surface area (TPSA) is 81.9 Å². The van der Waals surface area contributed by atoms with E-state index in [0.29, 0.717) is 46.0 Å². The van der Waals surface area contributed by atoms with Crippen molar-refractivity contribution < 1.29 is 18.7 Å². The van der Waals surface area contributed by atoms with Gasteiger partial charge in [0.15, 0.2) is 16.9 Å². The van der Waals surface area contributed by atoms with Gasteiger partial charge >= 0.3 is 0 Å². The van der Waals surface area contributed by atoms with E-state index in [9.17, 15) is 9.59 Å². The second kappa shape index (κ2) is 9.85. The van der Waals surface area contributed by atoms with E-state index in [0.717, 1.165) is 24.8 Å². The molecule has 0 saturated carbocycles. The summed E-state index contributed by atoms with van der Waals surface area (Å²) in [4.78, 5) is 33.4. The molecule has 0 unspecified atom stereocenters. The van der Waals surface area contributed by atoms with Crippen molar-refractivity contribution in [1.29, 1.82) is 0 Å². The molecule has 0 N–H and O–H groups in total. The van der Waals surface area contributed by atoms with Crippen LogP contribution in [0.4, 0.5) is 5.82 Å². The van der Waals surface area contributed by atoms with Crippen molar-refractivity contribution in [2.45, 2.75) is 39.2 Å².